The minimum Gasteiger partial charge on any atom is -0.481 e. The Kier molecular flexibility index (Phi) is 8.24. The Bertz CT molecular complexity index is 904. The molecule has 0 saturated heterocycles. The second-order valence-electron chi connectivity index (χ2n) is 8.21. The number of nitrogens with one attached hydrogen (secondary N) is 3. The Morgan fingerprint density at radius 1 is 1.19 bits per heavy atom. The van der Waals surface area contributed by atoms with Crippen LogP contribution in [0.3, 0.4) is 0 Å². The number of fused-ring (bicyclic) bond motifs is 1. The van der Waals surface area contributed by atoms with Crippen LogP contribution >= 0.6 is 0 Å². The van der Waals surface area contributed by atoms with E-state index < -0.39 is 0 Å². The van der Waals surface area contributed by atoms with Crippen molar-refractivity contribution in [2.45, 2.75) is 58.3 Å². The van der Waals surface area contributed by atoms with Crippen LogP contribution < -0.4 is 16.6 Å². The van der Waals surface area contributed by atoms with Gasteiger partial charge in [-0.3, -0.25) is 20.0 Å². The van der Waals surface area contributed by atoms with Crippen molar-refractivity contribution in [1.29, 1.82) is 5.41 Å². The number of anilines is 1. The predicted molar refractivity (Wildman–Crippen MR) is 122 cm³/mol. The lowest BCUT2D eigenvalue weighted by Crippen LogP contribution is -2.25. The van der Waals surface area contributed by atoms with Gasteiger partial charge in [0.25, 0.3) is 5.56 Å². The standard InChI is InChI=1S/C9H11N3O.C9H15NO3.C4H8N2/c13-9-6-3-4-10-8(6)11-7(12-9)5-1-2-5;1-3-12-8-7(5-6-10-8)9(11)13-4-2;5-4(6)3-1-2-3/h5H,1-4H2,(H2,10,11,12,13);7H,3-6H2,1-2H3;3H,1-2H2,(H3,5,6). The average Bonchev–Trinajstić information content (AvgIpc) is 3.69. The van der Waals surface area contributed by atoms with E-state index in [1.54, 1.807) is 6.92 Å². The summed E-state index contributed by atoms with van der Waals surface area (Å²) in [6, 6.07) is 0. The van der Waals surface area contributed by atoms with E-state index >= 15 is 0 Å². The molecule has 10 nitrogen and oxygen atoms in total. The van der Waals surface area contributed by atoms with Crippen LogP contribution in [0.5, 0.6) is 0 Å². The summed E-state index contributed by atoms with van der Waals surface area (Å²) in [4.78, 5) is 34.3. The molecule has 10 heteroatoms. The van der Waals surface area contributed by atoms with Crippen LogP contribution in [0.15, 0.2) is 9.79 Å². The molecule has 0 bridgehead atoms. The first-order chi connectivity index (χ1) is 15.4. The van der Waals surface area contributed by atoms with E-state index in [9.17, 15) is 9.59 Å². The van der Waals surface area contributed by atoms with Crippen molar-refractivity contribution >= 4 is 23.5 Å². The summed E-state index contributed by atoms with van der Waals surface area (Å²) in [6.07, 6.45) is 6.16. The lowest BCUT2D eigenvalue weighted by molar-refractivity contribution is -0.145. The molecule has 1 atom stereocenters. The first-order valence-electron chi connectivity index (χ1n) is 11.5. The third-order valence-electron chi connectivity index (χ3n) is 5.53. The molecular weight excluding hydrogens is 412 g/mol. The highest BCUT2D eigenvalue weighted by Gasteiger charge is 2.31. The number of nitrogens with two attached hydrogens (primary N) is 1. The number of aromatic nitrogens is 2. The van der Waals surface area contributed by atoms with Crippen LogP contribution in [0.2, 0.25) is 0 Å². The Hall–Kier alpha value is -2.91. The van der Waals surface area contributed by atoms with Crippen molar-refractivity contribution in [3.05, 3.63) is 21.7 Å². The molecule has 32 heavy (non-hydrogen) atoms. The smallest absolute Gasteiger partial charge is 0.318 e. The van der Waals surface area contributed by atoms with Gasteiger partial charge in [-0.05, 0) is 52.4 Å². The van der Waals surface area contributed by atoms with Crippen LogP contribution in [-0.2, 0) is 20.7 Å². The number of ether oxygens (including phenoxy) is 2. The number of hydrogen-bond donors (Lipinski definition) is 4. The summed E-state index contributed by atoms with van der Waals surface area (Å²) >= 11 is 0. The molecule has 4 aliphatic rings. The van der Waals surface area contributed by atoms with E-state index in [0.717, 1.165) is 43.0 Å². The minimum absolute atomic E-state index is 0.0527. The van der Waals surface area contributed by atoms with Gasteiger partial charge in [0.15, 0.2) is 5.90 Å². The molecule has 2 fully saturated rings. The van der Waals surface area contributed by atoms with Gasteiger partial charge < -0.3 is 25.5 Å². The Morgan fingerprint density at radius 2 is 1.94 bits per heavy atom. The van der Waals surface area contributed by atoms with Crippen molar-refractivity contribution in [2.24, 2.45) is 22.6 Å². The summed E-state index contributed by atoms with van der Waals surface area (Å²) < 4.78 is 10.1. The molecule has 0 amide bonds. The number of rotatable bonds is 5. The summed E-state index contributed by atoms with van der Waals surface area (Å²) in [7, 11) is 0. The van der Waals surface area contributed by atoms with Crippen molar-refractivity contribution in [3.8, 4) is 0 Å². The fourth-order valence-electron chi connectivity index (χ4n) is 3.44. The monoisotopic (exact) mass is 446 g/mol. The number of carbonyl (C=O) groups excluding carboxylic acids is 1. The highest BCUT2D eigenvalue weighted by Crippen LogP contribution is 2.38. The van der Waals surface area contributed by atoms with Crippen LogP contribution in [0.25, 0.3) is 0 Å². The summed E-state index contributed by atoms with van der Waals surface area (Å²) in [5, 5.41) is 9.92. The molecule has 176 valence electrons. The molecule has 0 radical (unpaired) electrons. The number of H-pyrrole nitrogens is 1. The molecule has 1 unspecified atom stereocenters. The molecule has 2 saturated carbocycles. The molecule has 5 N–H and O–H groups in total. The topological polar surface area (TPSA) is 156 Å². The zero-order valence-corrected chi connectivity index (χ0v) is 18.9. The lowest BCUT2D eigenvalue weighted by Gasteiger charge is -2.11. The maximum absolute atomic E-state index is 11.5. The van der Waals surface area contributed by atoms with E-state index in [-0.39, 0.29) is 17.4 Å². The molecule has 3 heterocycles. The molecule has 1 aromatic heterocycles. The zero-order valence-electron chi connectivity index (χ0n) is 18.9. The van der Waals surface area contributed by atoms with E-state index in [4.69, 9.17) is 20.6 Å². The van der Waals surface area contributed by atoms with Gasteiger partial charge in [0, 0.05) is 24.9 Å². The van der Waals surface area contributed by atoms with E-state index in [2.05, 4.69) is 20.3 Å². The normalized spacial score (nSPS) is 20.4. The fraction of sp³-hybridized carbons (Fsp3) is 0.682. The number of aromatic amines is 1. The van der Waals surface area contributed by atoms with Crippen LogP contribution in [0, 0.1) is 17.2 Å². The van der Waals surface area contributed by atoms with Gasteiger partial charge in [-0.1, -0.05) is 0 Å². The van der Waals surface area contributed by atoms with Crippen molar-refractivity contribution in [1.82, 2.24) is 9.97 Å². The third-order valence-corrected chi connectivity index (χ3v) is 5.53. The highest BCUT2D eigenvalue weighted by molar-refractivity contribution is 5.99. The highest BCUT2D eigenvalue weighted by atomic mass is 16.5. The van der Waals surface area contributed by atoms with Gasteiger partial charge in [-0.15, -0.1) is 0 Å². The third kappa shape index (κ3) is 6.54. The number of nitrogens with zero attached hydrogens (tertiary/aromatic N) is 2. The summed E-state index contributed by atoms with van der Waals surface area (Å²) in [6.45, 7) is 6.15. The molecule has 1 aromatic rings. The van der Waals surface area contributed by atoms with E-state index in [0.29, 0.717) is 49.7 Å². The number of aliphatic imine (C=N–C) groups is 1. The van der Waals surface area contributed by atoms with Crippen molar-refractivity contribution < 1.29 is 14.3 Å². The first-order valence-corrected chi connectivity index (χ1v) is 11.5. The predicted octanol–water partition coefficient (Wildman–Crippen LogP) is 1.95. The molecule has 0 aromatic carbocycles. The summed E-state index contributed by atoms with van der Waals surface area (Å²) in [5.74, 6) is 3.09. The molecule has 5 rings (SSSR count). The van der Waals surface area contributed by atoms with Gasteiger partial charge in [0.05, 0.1) is 24.6 Å². The van der Waals surface area contributed by atoms with Gasteiger partial charge in [-0.25, -0.2) is 4.98 Å². The lowest BCUT2D eigenvalue weighted by atomic mass is 10.1. The SMILES string of the molecule is CCOC(=O)C1CCN=C1OCC.N=C(N)C1CC1.O=c1[nH]c(C2CC2)nc2c1CCN2. The molecular formula is C22H34N6O4. The van der Waals surface area contributed by atoms with Gasteiger partial charge in [-0.2, -0.15) is 0 Å². The van der Waals surface area contributed by atoms with E-state index in [1.807, 2.05) is 6.92 Å². The number of hydrogen-bond acceptors (Lipinski definition) is 8. The Labute approximate surface area is 187 Å². The van der Waals surface area contributed by atoms with Gasteiger partial charge >= 0.3 is 5.97 Å². The first kappa shape index (κ1) is 23.7. The Morgan fingerprint density at radius 3 is 2.50 bits per heavy atom. The van der Waals surface area contributed by atoms with E-state index in [1.165, 1.54) is 12.8 Å². The van der Waals surface area contributed by atoms with Crippen LogP contribution in [-0.4, -0.2) is 54.0 Å². The average molecular weight is 447 g/mol. The second kappa shape index (κ2) is 11.1. The number of amidine groups is 1. The maximum atomic E-state index is 11.5. The minimum atomic E-state index is -0.264. The second-order valence-corrected chi connectivity index (χ2v) is 8.21. The zero-order chi connectivity index (χ0) is 23.1. The van der Waals surface area contributed by atoms with Crippen LogP contribution in [0.1, 0.15) is 63.3 Å². The maximum Gasteiger partial charge on any atom is 0.318 e. The fourth-order valence-corrected chi connectivity index (χ4v) is 3.44. The molecule has 2 aliphatic heterocycles. The van der Waals surface area contributed by atoms with Crippen LogP contribution in [0.4, 0.5) is 5.82 Å². The quantitative estimate of drug-likeness (QED) is 0.306. The molecule has 0 spiro atoms. The summed E-state index contributed by atoms with van der Waals surface area (Å²) in [5.41, 5.74) is 5.96. The largest absolute Gasteiger partial charge is 0.481 e. The van der Waals surface area contributed by atoms with Gasteiger partial charge in [0.1, 0.15) is 17.6 Å². The van der Waals surface area contributed by atoms with Crippen molar-refractivity contribution in [3.63, 3.8) is 0 Å². The number of carbonyl (C=O) groups is 1. The number of esters is 1. The molecule has 2 aliphatic carbocycles. The van der Waals surface area contributed by atoms with Gasteiger partial charge in [0.2, 0.25) is 0 Å². The Balaban J connectivity index is 0.000000145. The van der Waals surface area contributed by atoms with Crippen molar-refractivity contribution in [2.75, 3.05) is 31.6 Å².